The van der Waals surface area contributed by atoms with Crippen molar-refractivity contribution in [2.45, 2.75) is 44.8 Å². The van der Waals surface area contributed by atoms with Crippen molar-refractivity contribution in [3.05, 3.63) is 71.9 Å². The number of benzene rings is 2. The van der Waals surface area contributed by atoms with Gasteiger partial charge in [0.15, 0.2) is 0 Å². The van der Waals surface area contributed by atoms with Gasteiger partial charge in [-0.1, -0.05) is 62.4 Å². The van der Waals surface area contributed by atoms with Gasteiger partial charge >= 0.3 is 5.97 Å². The molecule has 0 radical (unpaired) electrons. The van der Waals surface area contributed by atoms with Crippen molar-refractivity contribution in [1.29, 1.82) is 0 Å². The van der Waals surface area contributed by atoms with E-state index in [0.717, 1.165) is 22.0 Å². The molecule has 0 aliphatic heterocycles. The summed E-state index contributed by atoms with van der Waals surface area (Å²) in [6, 6.07) is 14.6. The van der Waals surface area contributed by atoms with Gasteiger partial charge in [-0.2, -0.15) is 0 Å². The minimum atomic E-state index is -0.931. The van der Waals surface area contributed by atoms with E-state index in [2.05, 4.69) is 15.6 Å². The first-order valence-corrected chi connectivity index (χ1v) is 11.3. The molecule has 0 saturated heterocycles. The minimum Gasteiger partial charge on any atom is -0.467 e. The van der Waals surface area contributed by atoms with Gasteiger partial charge in [0.1, 0.15) is 12.1 Å². The zero-order valence-corrected chi connectivity index (χ0v) is 19.7. The smallest absolute Gasteiger partial charge is 0.328 e. The number of methoxy groups -OCH3 is 1. The van der Waals surface area contributed by atoms with Crippen LogP contribution in [0.2, 0.25) is 0 Å². The summed E-state index contributed by atoms with van der Waals surface area (Å²) in [6.07, 6.45) is 2.39. The Morgan fingerprint density at radius 1 is 0.941 bits per heavy atom. The summed E-state index contributed by atoms with van der Waals surface area (Å²) in [5, 5.41) is 6.50. The monoisotopic (exact) mass is 464 g/mol. The lowest BCUT2D eigenvalue weighted by Gasteiger charge is -2.25. The Morgan fingerprint density at radius 3 is 2.29 bits per heavy atom. The van der Waals surface area contributed by atoms with E-state index < -0.39 is 35.9 Å². The molecule has 34 heavy (non-hydrogen) atoms. The molecule has 0 bridgehead atoms. The van der Waals surface area contributed by atoms with Gasteiger partial charge in [-0.05, 0) is 29.5 Å². The largest absolute Gasteiger partial charge is 0.467 e. The average Bonchev–Trinajstić information content (AvgIpc) is 3.24. The molecule has 0 fully saturated rings. The molecule has 0 aliphatic rings. The zero-order valence-electron chi connectivity index (χ0n) is 19.7. The molecule has 2 aromatic carbocycles. The molecule has 1 heterocycles. The number of para-hydroxylation sites is 1. The summed E-state index contributed by atoms with van der Waals surface area (Å²) in [5.41, 5.74) is 8.88. The summed E-state index contributed by atoms with van der Waals surface area (Å²) >= 11 is 0. The highest BCUT2D eigenvalue weighted by Gasteiger charge is 2.31. The van der Waals surface area contributed by atoms with Crippen molar-refractivity contribution in [1.82, 2.24) is 15.6 Å². The van der Waals surface area contributed by atoms with Crippen molar-refractivity contribution in [2.75, 3.05) is 7.11 Å². The van der Waals surface area contributed by atoms with Crippen molar-refractivity contribution >= 4 is 28.7 Å². The second kappa shape index (κ2) is 11.5. The second-order valence-corrected chi connectivity index (χ2v) is 8.67. The third-order valence-corrected chi connectivity index (χ3v) is 5.79. The first kappa shape index (κ1) is 25.0. The fraction of sp³-hybridized carbons (Fsp3) is 0.346. The van der Waals surface area contributed by atoms with E-state index in [-0.39, 0.29) is 12.3 Å². The number of hydrogen-bond donors (Lipinski definition) is 4. The van der Waals surface area contributed by atoms with Crippen LogP contribution in [0, 0.1) is 5.92 Å². The number of ether oxygens (including phenoxy) is 1. The van der Waals surface area contributed by atoms with Crippen molar-refractivity contribution in [2.24, 2.45) is 11.7 Å². The molecule has 5 N–H and O–H groups in total. The van der Waals surface area contributed by atoms with Crippen LogP contribution >= 0.6 is 0 Å². The van der Waals surface area contributed by atoms with Gasteiger partial charge in [-0.15, -0.1) is 0 Å². The Labute approximate surface area is 199 Å². The van der Waals surface area contributed by atoms with E-state index in [1.165, 1.54) is 7.11 Å². The SMILES string of the molecule is COC(=O)[C@@H](NC(=O)[C@H](Cc1c[nH]c2ccccc12)NC(=O)[C@H](N)Cc1ccccc1)C(C)C. The Kier molecular flexibility index (Phi) is 8.43. The molecule has 3 rings (SSSR count). The minimum absolute atomic E-state index is 0.193. The lowest BCUT2D eigenvalue weighted by atomic mass is 10.0. The Hall–Kier alpha value is -3.65. The van der Waals surface area contributed by atoms with Crippen LogP contribution in [-0.4, -0.2) is 48.0 Å². The third-order valence-electron chi connectivity index (χ3n) is 5.79. The first-order chi connectivity index (χ1) is 16.3. The van der Waals surface area contributed by atoms with Gasteiger partial charge in [-0.25, -0.2) is 4.79 Å². The van der Waals surface area contributed by atoms with Crippen molar-refractivity contribution in [3.63, 3.8) is 0 Å². The van der Waals surface area contributed by atoms with Crippen LogP contribution in [0.15, 0.2) is 60.8 Å². The van der Waals surface area contributed by atoms with E-state index in [9.17, 15) is 14.4 Å². The van der Waals surface area contributed by atoms with Crippen LogP contribution in [0.5, 0.6) is 0 Å². The molecule has 0 spiro atoms. The molecule has 3 aromatic rings. The van der Waals surface area contributed by atoms with Crippen LogP contribution in [0.25, 0.3) is 10.9 Å². The van der Waals surface area contributed by atoms with Gasteiger partial charge < -0.3 is 26.1 Å². The molecule has 2 amide bonds. The predicted octanol–water partition coefficient (Wildman–Crippen LogP) is 2.08. The Bertz CT molecular complexity index is 1130. The van der Waals surface area contributed by atoms with Crippen LogP contribution < -0.4 is 16.4 Å². The molecule has 0 unspecified atom stereocenters. The number of esters is 1. The quantitative estimate of drug-likeness (QED) is 0.342. The van der Waals surface area contributed by atoms with Crippen molar-refractivity contribution < 1.29 is 19.1 Å². The average molecular weight is 465 g/mol. The first-order valence-electron chi connectivity index (χ1n) is 11.3. The number of carbonyl (C=O) groups excluding carboxylic acids is 3. The highest BCUT2D eigenvalue weighted by molar-refractivity contribution is 5.93. The fourth-order valence-electron chi connectivity index (χ4n) is 3.85. The molecule has 0 aliphatic carbocycles. The zero-order chi connectivity index (χ0) is 24.7. The topological polar surface area (TPSA) is 126 Å². The molecule has 0 saturated carbocycles. The van der Waals surface area contributed by atoms with Gasteiger partial charge in [0.05, 0.1) is 13.2 Å². The van der Waals surface area contributed by atoms with Gasteiger partial charge in [0.2, 0.25) is 11.8 Å². The maximum Gasteiger partial charge on any atom is 0.328 e. The number of fused-ring (bicyclic) bond motifs is 1. The van der Waals surface area contributed by atoms with Gasteiger partial charge in [0.25, 0.3) is 0 Å². The summed E-state index contributed by atoms with van der Waals surface area (Å²) in [6.45, 7) is 3.62. The maximum atomic E-state index is 13.3. The molecule has 180 valence electrons. The van der Waals surface area contributed by atoms with E-state index in [0.29, 0.717) is 6.42 Å². The summed E-state index contributed by atoms with van der Waals surface area (Å²) in [5.74, 6) is -1.65. The molecule has 8 heteroatoms. The van der Waals surface area contributed by atoms with E-state index in [1.807, 2.05) is 74.6 Å². The van der Waals surface area contributed by atoms with E-state index in [4.69, 9.17) is 10.5 Å². The van der Waals surface area contributed by atoms with Crippen molar-refractivity contribution in [3.8, 4) is 0 Å². The summed E-state index contributed by atoms with van der Waals surface area (Å²) in [7, 11) is 1.28. The van der Waals surface area contributed by atoms with Crippen LogP contribution in [0.1, 0.15) is 25.0 Å². The molecular weight excluding hydrogens is 432 g/mol. The molecular formula is C26H32N4O4. The summed E-state index contributed by atoms with van der Waals surface area (Å²) in [4.78, 5) is 41.6. The standard InChI is InChI=1S/C26H32N4O4/c1-16(2)23(26(33)34-3)30-25(32)22(14-18-15-28-21-12-8-7-11-19(18)21)29-24(31)20(27)13-17-9-5-4-6-10-17/h4-12,15-16,20,22-23,28H,13-14,27H2,1-3H3,(H,29,31)(H,30,32)/t20-,22+,23+/m1/s1. The number of rotatable bonds is 10. The van der Waals surface area contributed by atoms with E-state index >= 15 is 0 Å². The highest BCUT2D eigenvalue weighted by Crippen LogP contribution is 2.19. The number of aromatic nitrogens is 1. The molecule has 8 nitrogen and oxygen atoms in total. The second-order valence-electron chi connectivity index (χ2n) is 8.67. The molecule has 1 aromatic heterocycles. The number of aromatic amines is 1. The van der Waals surface area contributed by atoms with E-state index in [1.54, 1.807) is 0 Å². The number of carbonyl (C=O) groups is 3. The summed E-state index contributed by atoms with van der Waals surface area (Å²) < 4.78 is 4.84. The van der Waals surface area contributed by atoms with Crippen LogP contribution in [0.3, 0.4) is 0 Å². The number of nitrogens with one attached hydrogen (secondary N) is 3. The van der Waals surface area contributed by atoms with Crippen LogP contribution in [0.4, 0.5) is 0 Å². The number of hydrogen-bond acceptors (Lipinski definition) is 5. The number of amides is 2. The third kappa shape index (κ3) is 6.23. The Balaban J connectivity index is 1.81. The normalized spacial score (nSPS) is 13.8. The fourth-order valence-corrected chi connectivity index (χ4v) is 3.85. The highest BCUT2D eigenvalue weighted by atomic mass is 16.5. The number of nitrogens with two attached hydrogens (primary N) is 1. The van der Waals surface area contributed by atoms with Gasteiger partial charge in [-0.3, -0.25) is 9.59 Å². The molecule has 3 atom stereocenters. The predicted molar refractivity (Wildman–Crippen MR) is 131 cm³/mol. The maximum absolute atomic E-state index is 13.3. The van der Waals surface area contributed by atoms with Gasteiger partial charge in [0, 0.05) is 23.5 Å². The van der Waals surface area contributed by atoms with Crippen LogP contribution in [-0.2, 0) is 32.0 Å². The lowest BCUT2D eigenvalue weighted by molar-refractivity contribution is -0.146. The number of H-pyrrole nitrogens is 1. The Morgan fingerprint density at radius 2 is 1.62 bits per heavy atom. The lowest BCUT2D eigenvalue weighted by Crippen LogP contribution is -2.56.